The quantitative estimate of drug-likeness (QED) is 0.295. The van der Waals surface area contributed by atoms with Crippen LogP contribution in [0.1, 0.15) is 43.6 Å². The number of hydrogen-bond acceptors (Lipinski definition) is 6. The molecule has 0 saturated heterocycles. The topological polar surface area (TPSA) is 73.8 Å². The molecule has 3 rings (SSSR count). The Morgan fingerprint density at radius 1 is 1.00 bits per heavy atom. The van der Waals surface area contributed by atoms with Gasteiger partial charge in [-0.15, -0.1) is 0 Å². The fourth-order valence-corrected chi connectivity index (χ4v) is 7.21. The Morgan fingerprint density at radius 3 is 2.14 bits per heavy atom. The first-order valence-electron chi connectivity index (χ1n) is 12.4. The van der Waals surface area contributed by atoms with Crippen LogP contribution in [0.2, 0.25) is 5.02 Å². The molecule has 0 aliphatic rings. The van der Waals surface area contributed by atoms with Crippen LogP contribution in [0.5, 0.6) is 0 Å². The normalized spacial score (nSPS) is 12.4. The lowest BCUT2D eigenvalue weighted by atomic mass is 10.2. The summed E-state index contributed by atoms with van der Waals surface area (Å²) >= 11 is 7.66. The number of aromatic nitrogens is 1. The second-order valence-corrected chi connectivity index (χ2v) is 13.8. The third kappa shape index (κ3) is 7.29. The predicted octanol–water partition coefficient (Wildman–Crippen LogP) is 5.77. The number of hydrogen-bond donors (Lipinski definition) is 0. The number of nitrogens with zero attached hydrogens (tertiary/aromatic N) is 4. The molecule has 7 nitrogen and oxygen atoms in total. The van der Waals surface area contributed by atoms with E-state index >= 15 is 0 Å². The number of fused-ring (bicyclic) bond motifs is 1. The number of likely N-dealkylation sites (N-methyl/N-ethyl adjacent to an activating group) is 1. The lowest BCUT2D eigenvalue weighted by Gasteiger charge is -2.26. The monoisotopic (exact) mass is 564 g/mol. The summed E-state index contributed by atoms with van der Waals surface area (Å²) in [5.41, 5.74) is 2.18. The fourth-order valence-electron chi connectivity index (χ4n) is 4.00. The smallest absolute Gasteiger partial charge is 0.260 e. The van der Waals surface area contributed by atoms with Crippen LogP contribution in [0, 0.1) is 18.8 Å². The maximum atomic E-state index is 13.7. The summed E-state index contributed by atoms with van der Waals surface area (Å²) in [6, 6.07) is 9.97. The van der Waals surface area contributed by atoms with Gasteiger partial charge in [0, 0.05) is 36.8 Å². The second-order valence-electron chi connectivity index (χ2n) is 10.5. The van der Waals surface area contributed by atoms with E-state index in [4.69, 9.17) is 16.6 Å². The molecule has 0 fully saturated rings. The molecule has 3 aromatic rings. The van der Waals surface area contributed by atoms with Gasteiger partial charge in [-0.2, -0.15) is 4.31 Å². The molecule has 2 aromatic carbocycles. The number of halogens is 1. The molecule has 0 aliphatic carbocycles. The van der Waals surface area contributed by atoms with Crippen molar-refractivity contribution in [2.24, 2.45) is 11.8 Å². The molecule has 10 heteroatoms. The van der Waals surface area contributed by atoms with Crippen LogP contribution in [-0.2, 0) is 10.0 Å². The van der Waals surface area contributed by atoms with E-state index in [-0.39, 0.29) is 22.6 Å². The molecular weight excluding hydrogens is 528 g/mol. The Balaban J connectivity index is 1.94. The van der Waals surface area contributed by atoms with E-state index in [1.807, 2.05) is 65.7 Å². The van der Waals surface area contributed by atoms with Crippen molar-refractivity contribution >= 4 is 54.2 Å². The highest BCUT2D eigenvalue weighted by atomic mass is 35.5. The maximum Gasteiger partial charge on any atom is 0.260 e. The van der Waals surface area contributed by atoms with Gasteiger partial charge >= 0.3 is 0 Å². The van der Waals surface area contributed by atoms with Crippen LogP contribution in [0.3, 0.4) is 0 Å². The molecule has 1 aromatic heterocycles. The summed E-state index contributed by atoms with van der Waals surface area (Å²) in [4.78, 5) is 22.3. The summed E-state index contributed by atoms with van der Waals surface area (Å²) in [7, 11) is 0.223. The highest BCUT2D eigenvalue weighted by molar-refractivity contribution is 7.89. The molecular formula is C27H37ClN4O3S2. The average Bonchev–Trinajstić information content (AvgIpc) is 3.22. The molecule has 202 valence electrons. The van der Waals surface area contributed by atoms with Crippen LogP contribution in [0.15, 0.2) is 41.3 Å². The Morgan fingerprint density at radius 2 is 1.59 bits per heavy atom. The summed E-state index contributed by atoms with van der Waals surface area (Å²) in [6.07, 6.45) is 0. The summed E-state index contributed by atoms with van der Waals surface area (Å²) in [5.74, 6) is 0.175. The van der Waals surface area contributed by atoms with Crippen molar-refractivity contribution < 1.29 is 13.2 Å². The third-order valence-corrected chi connectivity index (χ3v) is 8.85. The number of benzene rings is 2. The molecule has 0 bridgehead atoms. The van der Waals surface area contributed by atoms with Gasteiger partial charge in [-0.25, -0.2) is 13.4 Å². The predicted molar refractivity (Wildman–Crippen MR) is 154 cm³/mol. The van der Waals surface area contributed by atoms with Crippen molar-refractivity contribution in [3.05, 3.63) is 52.5 Å². The fraction of sp³-hybridized carbons (Fsp3) is 0.481. The van der Waals surface area contributed by atoms with Gasteiger partial charge in [0.2, 0.25) is 10.0 Å². The van der Waals surface area contributed by atoms with E-state index in [2.05, 4.69) is 0 Å². The molecule has 0 aliphatic heterocycles. The average molecular weight is 565 g/mol. The third-order valence-electron chi connectivity index (χ3n) is 5.76. The Kier molecular flexibility index (Phi) is 9.74. The zero-order valence-electron chi connectivity index (χ0n) is 22.7. The minimum Gasteiger partial charge on any atom is -0.308 e. The Labute approximate surface area is 230 Å². The van der Waals surface area contributed by atoms with Crippen LogP contribution < -0.4 is 4.90 Å². The highest BCUT2D eigenvalue weighted by Crippen LogP contribution is 2.33. The van der Waals surface area contributed by atoms with Crippen LogP contribution in [0.25, 0.3) is 10.2 Å². The maximum absolute atomic E-state index is 13.7. The zero-order chi connectivity index (χ0) is 27.5. The number of thiazole rings is 1. The van der Waals surface area contributed by atoms with Crippen molar-refractivity contribution in [2.75, 3.05) is 45.2 Å². The Hall–Kier alpha value is -2.04. The first kappa shape index (κ1) is 29.5. The lowest BCUT2D eigenvalue weighted by molar-refractivity contribution is 0.0985. The first-order chi connectivity index (χ1) is 17.3. The van der Waals surface area contributed by atoms with E-state index in [1.165, 1.54) is 27.8 Å². The highest BCUT2D eigenvalue weighted by Gasteiger charge is 2.27. The van der Waals surface area contributed by atoms with E-state index in [9.17, 15) is 13.2 Å². The minimum absolute atomic E-state index is 0.190. The minimum atomic E-state index is -3.67. The molecule has 0 spiro atoms. The number of anilines is 1. The van der Waals surface area contributed by atoms with Gasteiger partial charge in [0.05, 0.1) is 15.1 Å². The first-order valence-corrected chi connectivity index (χ1v) is 15.1. The summed E-state index contributed by atoms with van der Waals surface area (Å²) in [6.45, 7) is 11.9. The van der Waals surface area contributed by atoms with Crippen molar-refractivity contribution in [3.63, 3.8) is 0 Å². The van der Waals surface area contributed by atoms with Gasteiger partial charge in [0.1, 0.15) is 0 Å². The number of sulfonamides is 1. The molecule has 0 unspecified atom stereocenters. The van der Waals surface area contributed by atoms with E-state index in [1.54, 1.807) is 17.0 Å². The van der Waals surface area contributed by atoms with Gasteiger partial charge in [0.25, 0.3) is 5.91 Å². The van der Waals surface area contributed by atoms with Crippen molar-refractivity contribution in [1.82, 2.24) is 14.2 Å². The number of carbonyl (C=O) groups excluding carboxylic acids is 1. The van der Waals surface area contributed by atoms with Gasteiger partial charge in [-0.1, -0.05) is 50.6 Å². The Bertz CT molecular complexity index is 1330. The number of amides is 1. The van der Waals surface area contributed by atoms with Crippen molar-refractivity contribution in [3.8, 4) is 0 Å². The van der Waals surface area contributed by atoms with Gasteiger partial charge in [-0.05, 0) is 74.8 Å². The van der Waals surface area contributed by atoms with E-state index in [0.29, 0.717) is 41.9 Å². The molecule has 0 radical (unpaired) electrons. The SMILES string of the molecule is Cc1cc(Cl)cc2sc(N(CCN(C)C)C(=O)c3ccc(S(=O)(=O)N(CC(C)C)CC(C)C)cc3)nc12. The molecule has 1 heterocycles. The largest absolute Gasteiger partial charge is 0.308 e. The van der Waals surface area contributed by atoms with Gasteiger partial charge in [-0.3, -0.25) is 9.69 Å². The molecule has 0 saturated carbocycles. The summed E-state index contributed by atoms with van der Waals surface area (Å²) in [5, 5.41) is 1.22. The molecule has 0 atom stereocenters. The van der Waals surface area contributed by atoms with E-state index < -0.39 is 10.0 Å². The molecule has 1 amide bonds. The van der Waals surface area contributed by atoms with Crippen LogP contribution >= 0.6 is 22.9 Å². The lowest BCUT2D eigenvalue weighted by Crippen LogP contribution is -2.37. The van der Waals surface area contributed by atoms with Crippen LogP contribution in [0.4, 0.5) is 5.13 Å². The number of carbonyl (C=O) groups is 1. The van der Waals surface area contributed by atoms with Crippen molar-refractivity contribution in [2.45, 2.75) is 39.5 Å². The van der Waals surface area contributed by atoms with Crippen molar-refractivity contribution in [1.29, 1.82) is 0 Å². The zero-order valence-corrected chi connectivity index (χ0v) is 25.0. The summed E-state index contributed by atoms with van der Waals surface area (Å²) < 4.78 is 29.2. The van der Waals surface area contributed by atoms with Crippen LogP contribution in [-0.4, -0.2) is 68.8 Å². The second kappa shape index (κ2) is 12.2. The number of aryl methyl sites for hydroxylation is 1. The molecule has 0 N–H and O–H groups in total. The molecule has 37 heavy (non-hydrogen) atoms. The van der Waals surface area contributed by atoms with Gasteiger partial charge < -0.3 is 4.90 Å². The number of rotatable bonds is 11. The van der Waals surface area contributed by atoms with E-state index in [0.717, 1.165) is 15.8 Å². The standard InChI is InChI=1S/C27H37ClN4O3S2/c1-18(2)16-31(17-19(3)4)37(34,35)23-10-8-21(9-11-23)26(33)32(13-12-30(6)7)27-29-25-20(5)14-22(28)15-24(25)36-27/h8-11,14-15,18-19H,12-13,16-17H2,1-7H3. The van der Waals surface area contributed by atoms with Gasteiger partial charge in [0.15, 0.2) is 5.13 Å².